The van der Waals surface area contributed by atoms with Crippen molar-refractivity contribution in [3.63, 3.8) is 0 Å². The van der Waals surface area contributed by atoms with Gasteiger partial charge in [-0.15, -0.1) is 0 Å². The summed E-state index contributed by atoms with van der Waals surface area (Å²) in [5.41, 5.74) is 10.6. The largest absolute Gasteiger partial charge is 0.534 e. The number of oxime groups is 1. The first-order valence-corrected chi connectivity index (χ1v) is 3.32. The van der Waals surface area contributed by atoms with Crippen LogP contribution in [0.2, 0.25) is 0 Å². The lowest BCUT2D eigenvalue weighted by molar-refractivity contribution is 0.0752. The van der Waals surface area contributed by atoms with Gasteiger partial charge in [0.1, 0.15) is 0 Å². The summed E-state index contributed by atoms with van der Waals surface area (Å²) in [5.74, 6) is -0.297. The lowest BCUT2D eigenvalue weighted by Crippen LogP contribution is -2.17. The van der Waals surface area contributed by atoms with E-state index in [0.29, 0.717) is 0 Å². The number of anilines is 1. The average Bonchev–Trinajstić information content (AvgIpc) is 2.60. The van der Waals surface area contributed by atoms with Crippen LogP contribution >= 0.6 is 0 Å². The molecule has 0 bridgehead atoms. The van der Waals surface area contributed by atoms with Crippen molar-refractivity contribution in [2.75, 3.05) is 12.8 Å². The van der Waals surface area contributed by atoms with Gasteiger partial charge in [0.15, 0.2) is 17.3 Å². The Morgan fingerprint density at radius 1 is 1.57 bits per heavy atom. The monoisotopic (exact) mass is 201 g/mol. The number of hydrogen-bond acceptors (Lipinski definition) is 8. The number of nitrogens with two attached hydrogens (primary N) is 2. The van der Waals surface area contributed by atoms with Crippen LogP contribution in [0.5, 0.6) is 0 Å². The molecule has 0 saturated carbocycles. The van der Waals surface area contributed by atoms with Gasteiger partial charge in [-0.2, -0.15) is 0 Å². The van der Waals surface area contributed by atoms with Crippen LogP contribution in [-0.2, 0) is 9.57 Å². The van der Waals surface area contributed by atoms with E-state index in [0.717, 1.165) is 7.11 Å². The van der Waals surface area contributed by atoms with E-state index in [2.05, 4.69) is 29.7 Å². The van der Waals surface area contributed by atoms with Gasteiger partial charge in [0.2, 0.25) is 0 Å². The molecular formula is C5H7N5O4. The van der Waals surface area contributed by atoms with E-state index < -0.39 is 6.16 Å². The van der Waals surface area contributed by atoms with E-state index >= 15 is 0 Å². The molecule has 0 spiro atoms. The van der Waals surface area contributed by atoms with Gasteiger partial charge in [0, 0.05) is 0 Å². The quantitative estimate of drug-likeness (QED) is 0.205. The van der Waals surface area contributed by atoms with Gasteiger partial charge in [-0.1, -0.05) is 5.16 Å². The zero-order chi connectivity index (χ0) is 10.6. The number of aromatic nitrogens is 2. The van der Waals surface area contributed by atoms with Crippen molar-refractivity contribution in [3.05, 3.63) is 5.69 Å². The molecule has 0 unspecified atom stereocenters. The van der Waals surface area contributed by atoms with E-state index in [4.69, 9.17) is 11.5 Å². The van der Waals surface area contributed by atoms with Gasteiger partial charge in [0.25, 0.3) is 0 Å². The Kier molecular flexibility index (Phi) is 2.84. The molecule has 0 aliphatic heterocycles. The zero-order valence-corrected chi connectivity index (χ0v) is 7.13. The van der Waals surface area contributed by atoms with E-state index in [1.54, 1.807) is 0 Å². The van der Waals surface area contributed by atoms with Gasteiger partial charge in [-0.05, 0) is 10.3 Å². The number of nitrogens with zero attached hydrogens (tertiary/aromatic N) is 3. The summed E-state index contributed by atoms with van der Waals surface area (Å²) in [4.78, 5) is 14.6. The number of ether oxygens (including phenoxy) is 1. The van der Waals surface area contributed by atoms with Crippen LogP contribution in [0.3, 0.4) is 0 Å². The standard InChI is InChI=1S/C5H7N5O4/c1-12-5(11)13-9-3(6)2-4(7)10-14-8-2/h1H3,(H2,6,9)(H2,7,10). The molecule has 1 rings (SSSR count). The fourth-order valence-corrected chi connectivity index (χ4v) is 0.540. The number of carbonyl (C=O) groups is 1. The third-order valence-corrected chi connectivity index (χ3v) is 1.14. The van der Waals surface area contributed by atoms with E-state index in [9.17, 15) is 4.79 Å². The number of amidine groups is 1. The summed E-state index contributed by atoms with van der Waals surface area (Å²) in [6.07, 6.45) is -1.01. The Hall–Kier alpha value is -2.32. The van der Waals surface area contributed by atoms with Gasteiger partial charge in [-0.3, -0.25) is 4.84 Å². The number of rotatable bonds is 2. The molecule has 9 heteroatoms. The number of carbonyl (C=O) groups excluding carboxylic acids is 1. The summed E-state index contributed by atoms with van der Waals surface area (Å²) in [5, 5.41) is 9.74. The SMILES string of the molecule is COC(=O)ON=C(N)c1nonc1N. The normalized spacial score (nSPS) is 11.1. The molecule has 0 fully saturated rings. The maximum atomic E-state index is 10.5. The Labute approximate surface area is 77.6 Å². The maximum Gasteiger partial charge on any atom is 0.534 e. The first-order valence-electron chi connectivity index (χ1n) is 3.32. The molecular weight excluding hydrogens is 194 g/mol. The second kappa shape index (κ2) is 4.07. The van der Waals surface area contributed by atoms with Gasteiger partial charge in [-0.25, -0.2) is 9.42 Å². The third kappa shape index (κ3) is 2.09. The molecule has 0 aliphatic rings. The Morgan fingerprint density at radius 3 is 2.79 bits per heavy atom. The van der Waals surface area contributed by atoms with Crippen LogP contribution < -0.4 is 11.5 Å². The minimum absolute atomic E-state index is 0.00565. The van der Waals surface area contributed by atoms with E-state index in [1.807, 2.05) is 0 Å². The summed E-state index contributed by atoms with van der Waals surface area (Å²) in [7, 11) is 1.13. The van der Waals surface area contributed by atoms with Crippen LogP contribution in [0.1, 0.15) is 5.69 Å². The van der Waals surface area contributed by atoms with Crippen LogP contribution in [0, 0.1) is 0 Å². The third-order valence-electron chi connectivity index (χ3n) is 1.14. The molecule has 0 radical (unpaired) electrons. The van der Waals surface area contributed by atoms with Gasteiger partial charge >= 0.3 is 6.16 Å². The van der Waals surface area contributed by atoms with Gasteiger partial charge < -0.3 is 16.2 Å². The van der Waals surface area contributed by atoms with Crippen LogP contribution in [0.25, 0.3) is 0 Å². The predicted octanol–water partition coefficient (Wildman–Crippen LogP) is -0.945. The number of nitrogen functional groups attached to an aromatic ring is 1. The highest BCUT2D eigenvalue weighted by atomic mass is 16.8. The summed E-state index contributed by atoms with van der Waals surface area (Å²) in [6.45, 7) is 0. The smallest absolute Gasteiger partial charge is 0.436 e. The summed E-state index contributed by atoms with van der Waals surface area (Å²) >= 11 is 0. The van der Waals surface area contributed by atoms with Crippen molar-refractivity contribution in [1.29, 1.82) is 0 Å². The summed E-state index contributed by atoms with van der Waals surface area (Å²) in [6, 6.07) is 0. The second-order valence-corrected chi connectivity index (χ2v) is 2.02. The zero-order valence-electron chi connectivity index (χ0n) is 7.13. The van der Waals surface area contributed by atoms with Crippen LogP contribution in [0.4, 0.5) is 10.6 Å². The molecule has 1 heterocycles. The lowest BCUT2D eigenvalue weighted by Gasteiger charge is -1.95. The van der Waals surface area contributed by atoms with Crippen molar-refractivity contribution in [1.82, 2.24) is 10.3 Å². The highest BCUT2D eigenvalue weighted by Crippen LogP contribution is 2.03. The van der Waals surface area contributed by atoms with E-state index in [-0.39, 0.29) is 17.3 Å². The molecule has 0 aliphatic carbocycles. The van der Waals surface area contributed by atoms with Gasteiger partial charge in [0.05, 0.1) is 7.11 Å². The van der Waals surface area contributed by atoms with Crippen molar-refractivity contribution in [2.24, 2.45) is 10.9 Å². The Balaban J connectivity index is 2.70. The molecule has 1 aromatic heterocycles. The maximum absolute atomic E-state index is 10.5. The molecule has 0 atom stereocenters. The minimum atomic E-state index is -1.01. The Bertz CT molecular complexity index is 359. The predicted molar refractivity (Wildman–Crippen MR) is 42.9 cm³/mol. The molecule has 0 aromatic carbocycles. The fraction of sp³-hybridized carbons (Fsp3) is 0.200. The highest BCUT2D eigenvalue weighted by Gasteiger charge is 2.12. The molecule has 14 heavy (non-hydrogen) atoms. The average molecular weight is 201 g/mol. The number of hydrogen-bond donors (Lipinski definition) is 2. The van der Waals surface area contributed by atoms with Crippen molar-refractivity contribution in [3.8, 4) is 0 Å². The minimum Gasteiger partial charge on any atom is -0.436 e. The molecule has 0 amide bonds. The van der Waals surface area contributed by atoms with Crippen molar-refractivity contribution < 1.29 is 19.0 Å². The topological polar surface area (TPSA) is 139 Å². The fourth-order valence-electron chi connectivity index (χ4n) is 0.540. The van der Waals surface area contributed by atoms with Crippen molar-refractivity contribution >= 4 is 17.8 Å². The molecule has 4 N–H and O–H groups in total. The van der Waals surface area contributed by atoms with Crippen LogP contribution in [-0.4, -0.2) is 29.4 Å². The molecule has 0 saturated heterocycles. The van der Waals surface area contributed by atoms with Crippen LogP contribution in [0.15, 0.2) is 9.78 Å². The molecule has 1 aromatic rings. The Morgan fingerprint density at radius 2 is 2.29 bits per heavy atom. The number of methoxy groups -OCH3 is 1. The first-order chi connectivity index (χ1) is 6.65. The molecule has 9 nitrogen and oxygen atoms in total. The second-order valence-electron chi connectivity index (χ2n) is 2.02. The highest BCUT2D eigenvalue weighted by molar-refractivity contribution is 5.98. The molecule has 76 valence electrons. The lowest BCUT2D eigenvalue weighted by atomic mass is 10.4. The summed E-state index contributed by atoms with van der Waals surface area (Å²) < 4.78 is 8.38. The first kappa shape index (κ1) is 9.77. The van der Waals surface area contributed by atoms with Crippen molar-refractivity contribution in [2.45, 2.75) is 0 Å². The van der Waals surface area contributed by atoms with E-state index in [1.165, 1.54) is 0 Å².